The monoisotopic (exact) mass is 1960 g/mol. The van der Waals surface area contributed by atoms with E-state index < -0.39 is 97.4 Å². The Morgan fingerprint density at radius 3 is 0.936 bits per heavy atom. The van der Waals surface area contributed by atoms with Gasteiger partial charge in [0.2, 0.25) is 11.8 Å². The van der Waals surface area contributed by atoms with E-state index in [9.17, 15) is 19.5 Å². The molecule has 13 atom stereocenters. The minimum absolute atomic E-state index is 0.00197. The lowest BCUT2D eigenvalue weighted by Crippen LogP contribution is -2.68. The van der Waals surface area contributed by atoms with Crippen molar-refractivity contribution in [2.75, 3.05) is 19.8 Å². The van der Waals surface area contributed by atoms with E-state index in [0.717, 1.165) is 152 Å². The van der Waals surface area contributed by atoms with Crippen LogP contribution in [-0.4, -0.2) is 140 Å². The molecule has 0 aromatic heterocycles. The number of esters is 4. The summed E-state index contributed by atoms with van der Waals surface area (Å²) in [7, 11) is 0. The first kappa shape index (κ1) is 124. The van der Waals surface area contributed by atoms with Crippen LogP contribution in [-0.2, 0) is 101 Å². The van der Waals surface area contributed by atoms with Crippen LogP contribution in [0, 0.1) is 0 Å². The van der Waals surface area contributed by atoms with Crippen molar-refractivity contribution in [2.24, 2.45) is 0 Å². The third kappa shape index (κ3) is 62.0. The topological polar surface area (TPSA) is 248 Å². The number of carbonyl (C=O) groups is 6. The van der Waals surface area contributed by atoms with Crippen LogP contribution >= 0.6 is 0 Å². The molecule has 2 fully saturated rings. The molecule has 2 heterocycles. The van der Waals surface area contributed by atoms with Gasteiger partial charge in [0, 0.05) is 19.3 Å². The van der Waals surface area contributed by atoms with E-state index in [1.807, 2.05) is 91.0 Å². The highest BCUT2D eigenvalue weighted by Gasteiger charge is 2.53. The van der Waals surface area contributed by atoms with E-state index in [2.05, 4.69) is 58.8 Å². The first-order valence-corrected chi connectivity index (χ1v) is 57.8. The van der Waals surface area contributed by atoms with Crippen LogP contribution in [0.2, 0.25) is 0 Å². The Bertz CT molecular complexity index is 3450. The molecule has 5 rings (SSSR count). The van der Waals surface area contributed by atoms with Gasteiger partial charge in [0.15, 0.2) is 18.7 Å². The fourth-order valence-electron chi connectivity index (χ4n) is 19.5. The zero-order valence-corrected chi connectivity index (χ0v) is 89.4. The van der Waals surface area contributed by atoms with E-state index in [0.29, 0.717) is 51.4 Å². The van der Waals surface area contributed by atoms with Gasteiger partial charge in [-0.2, -0.15) is 0 Å². The molecule has 2 saturated heterocycles. The van der Waals surface area contributed by atoms with E-state index in [1.54, 1.807) is 6.08 Å². The minimum atomic E-state index is -1.66. The maximum Gasteiger partial charge on any atom is 0.310 e. The van der Waals surface area contributed by atoms with Crippen LogP contribution < -0.4 is 10.6 Å². The third-order valence-electron chi connectivity index (χ3n) is 28.0. The molecule has 0 unspecified atom stereocenters. The van der Waals surface area contributed by atoms with Crippen LogP contribution in [0.15, 0.2) is 104 Å². The summed E-state index contributed by atoms with van der Waals surface area (Å²) >= 11 is 0. The molecule has 0 aliphatic carbocycles. The van der Waals surface area contributed by atoms with Crippen LogP contribution in [0.1, 0.15) is 501 Å². The van der Waals surface area contributed by atoms with Gasteiger partial charge in [-0.25, -0.2) is 0 Å². The van der Waals surface area contributed by atoms with Gasteiger partial charge in [-0.05, 0) is 74.5 Å². The van der Waals surface area contributed by atoms with Gasteiger partial charge in [-0.1, -0.05) is 485 Å². The van der Waals surface area contributed by atoms with Gasteiger partial charge in [0.1, 0.15) is 60.9 Å². The average molecular weight is 1960 g/mol. The van der Waals surface area contributed by atoms with Crippen molar-refractivity contribution < 1.29 is 86.0 Å². The summed E-state index contributed by atoms with van der Waals surface area (Å²) in [5, 5.41) is 19.7. The largest absolute Gasteiger partial charge is 0.462 e. The lowest BCUT2D eigenvalue weighted by atomic mass is 9.94. The maximum atomic E-state index is 15.7. The number of nitrogens with one attached hydrogen (secondary N) is 2. The van der Waals surface area contributed by atoms with Gasteiger partial charge < -0.3 is 67.8 Å². The Labute approximate surface area is 851 Å². The molecule has 3 N–H and O–H groups in total. The number of rotatable bonds is 94. The van der Waals surface area contributed by atoms with Gasteiger partial charge in [0.05, 0.1) is 58.9 Å². The van der Waals surface area contributed by atoms with E-state index in [-0.39, 0.29) is 96.1 Å². The Kier molecular flexibility index (Phi) is 76.5. The molecule has 0 radical (unpaired) electrons. The van der Waals surface area contributed by atoms with Gasteiger partial charge in [0.25, 0.3) is 0 Å². The number of carbonyl (C=O) groups excluding carboxylic acids is 6. The maximum absolute atomic E-state index is 15.7. The lowest BCUT2D eigenvalue weighted by Gasteiger charge is -2.47. The van der Waals surface area contributed by atoms with E-state index in [1.165, 1.54) is 218 Å². The molecule has 3 aromatic carbocycles. The summed E-state index contributed by atoms with van der Waals surface area (Å²) in [5.41, 5.74) is 2.51. The van der Waals surface area contributed by atoms with Crippen molar-refractivity contribution in [3.8, 4) is 0 Å². The highest BCUT2D eigenvalue weighted by atomic mass is 16.7. The Hall–Kier alpha value is -6.10. The average Bonchev–Trinajstić information content (AvgIpc) is 0.779. The molecule has 0 spiro atoms. The van der Waals surface area contributed by atoms with Crippen molar-refractivity contribution >= 4 is 35.7 Å². The minimum Gasteiger partial charge on any atom is -0.462 e. The Balaban J connectivity index is 1.60. The third-order valence-corrected chi connectivity index (χ3v) is 28.0. The second-order valence-electron chi connectivity index (χ2n) is 40.9. The second-order valence-corrected chi connectivity index (χ2v) is 40.9. The molecular formula is C120H202N2O18. The van der Waals surface area contributed by atoms with Gasteiger partial charge >= 0.3 is 23.9 Å². The quantitative estimate of drug-likeness (QED) is 0.0206. The summed E-state index contributed by atoms with van der Waals surface area (Å²) in [6.45, 7) is 17.1. The number of aliphatic hydroxyl groups excluding tert-OH is 1. The normalized spacial score (nSPS) is 18.7. The zero-order valence-electron chi connectivity index (χ0n) is 89.4. The summed E-state index contributed by atoms with van der Waals surface area (Å²) in [6.07, 6.45) is 56.7. The Morgan fingerprint density at radius 2 is 0.600 bits per heavy atom. The summed E-state index contributed by atoms with van der Waals surface area (Å²) in [4.78, 5) is 88.9. The van der Waals surface area contributed by atoms with Crippen molar-refractivity contribution in [1.29, 1.82) is 0 Å². The molecule has 20 heteroatoms. The summed E-state index contributed by atoms with van der Waals surface area (Å²) < 4.78 is 74.8. The highest BCUT2D eigenvalue weighted by molar-refractivity contribution is 5.79. The number of hydrogen-bond donors (Lipinski definition) is 3. The molecule has 800 valence electrons. The SMILES string of the molecule is C=CCO[C@@H]1[C@@H](NC(=O)C[C@@H](CCCCCCCCCCC)OC(=O)CCCCCCCCCCCCC)[C@H](OCc2ccccc2)O[C@H](CO[C@@H]2O[C@H](COCc3ccccc3)[C@@H](O)[C@H](OC(=O)C[C@@H](CCCCCCCCCCC)OC(=O)CCCCCCCCCCCCC)[C@H]2NC(=O)C[C@@H](CCCCCCCCCCC)OC(=O)CCCCCCCCCCCCC)[C@H]1OCc1ccccc1. The highest BCUT2D eigenvalue weighted by Crippen LogP contribution is 2.34. The first-order chi connectivity index (χ1) is 68.7. The molecule has 3 aromatic rings. The molecule has 0 saturated carbocycles. The summed E-state index contributed by atoms with van der Waals surface area (Å²) in [5.74, 6) is -2.80. The first-order valence-electron chi connectivity index (χ1n) is 57.8. The van der Waals surface area contributed by atoms with E-state index in [4.69, 9.17) is 52.1 Å². The zero-order chi connectivity index (χ0) is 100. The van der Waals surface area contributed by atoms with Crippen molar-refractivity contribution in [3.05, 3.63) is 120 Å². The molecule has 2 aliphatic rings. The molecule has 0 bridgehead atoms. The fourth-order valence-corrected chi connectivity index (χ4v) is 19.5. The number of unbranched alkanes of at least 4 members (excludes halogenated alkanes) is 54. The van der Waals surface area contributed by atoms with Gasteiger partial charge in [-0.15, -0.1) is 6.58 Å². The van der Waals surface area contributed by atoms with Crippen LogP contribution in [0.25, 0.3) is 0 Å². The van der Waals surface area contributed by atoms with Crippen LogP contribution in [0.4, 0.5) is 0 Å². The number of amides is 2. The van der Waals surface area contributed by atoms with Gasteiger partial charge in [-0.3, -0.25) is 28.8 Å². The number of aliphatic hydroxyl groups is 1. The van der Waals surface area contributed by atoms with Crippen molar-refractivity contribution in [2.45, 2.75) is 584 Å². The smallest absolute Gasteiger partial charge is 0.310 e. The number of benzene rings is 3. The lowest BCUT2D eigenvalue weighted by molar-refractivity contribution is -0.314. The second kappa shape index (κ2) is 86.1. The Morgan fingerprint density at radius 1 is 0.314 bits per heavy atom. The van der Waals surface area contributed by atoms with E-state index >= 15 is 14.4 Å². The standard InChI is InChI=1S/C120H202N2O18/c1-8-15-21-27-33-39-42-48-54-60-75-87-109(125)135-102(84-72-57-51-45-36-30-24-18-11-4)91-107(123)121-113-117(140-112(128)93-104(86-74-59-53-47-38-32-26-20-13-6)137-111(127)89-77-62-56-50-44-41-35-29-23-17-10-3)115(129)105(97-130-94-99-78-66-63-67-79-99)138-119(113)134-98-106-116(132-95-100-80-68-64-69-81-100)118(131-90-14-7)114(120(139-106)133-96-101-82-70-65-71-83-101)122-108(124)92-103(85-73-58-52-46-37-31-25-19-12-5)136-110(126)88-76-61-55-49-43-40-34-28-22-16-9-2/h14,63-71,78-83,102-106,113-120,129H,7-13,15-62,72-77,84-98H2,1-6H3,(H,121,123)(H,122,124)/t102-,103-,104-,105-,106-,113-,114-,115-,116-,117-,118-,119-,120-/m1/s1. The van der Waals surface area contributed by atoms with Crippen molar-refractivity contribution in [3.63, 3.8) is 0 Å². The van der Waals surface area contributed by atoms with Crippen LogP contribution in [0.5, 0.6) is 0 Å². The predicted molar refractivity (Wildman–Crippen MR) is 568 cm³/mol. The van der Waals surface area contributed by atoms with Crippen molar-refractivity contribution in [1.82, 2.24) is 10.6 Å². The number of hydrogen-bond acceptors (Lipinski definition) is 18. The van der Waals surface area contributed by atoms with Crippen LogP contribution in [0.3, 0.4) is 0 Å². The number of ether oxygens (including phenoxy) is 11. The predicted octanol–water partition coefficient (Wildman–Crippen LogP) is 30.1. The molecule has 2 amide bonds. The fraction of sp³-hybridized carbons (Fsp3) is 0.783. The molecular weight excluding hydrogens is 1760 g/mol. The molecule has 140 heavy (non-hydrogen) atoms. The molecule has 20 nitrogen and oxygen atoms in total. The summed E-state index contributed by atoms with van der Waals surface area (Å²) in [6, 6.07) is 26.4. The molecule has 2 aliphatic heterocycles.